The van der Waals surface area contributed by atoms with E-state index in [0.717, 1.165) is 36.5 Å². The van der Waals surface area contributed by atoms with Crippen molar-refractivity contribution in [3.05, 3.63) is 52.5 Å². The molecule has 0 aromatic carbocycles. The summed E-state index contributed by atoms with van der Waals surface area (Å²) in [6.07, 6.45) is 3.79. The van der Waals surface area contributed by atoms with Gasteiger partial charge in [-0.3, -0.25) is 9.78 Å². The Labute approximate surface area is 128 Å². The molecule has 110 valence electrons. The molecule has 5 heteroatoms. The van der Waals surface area contributed by atoms with Crippen LogP contribution in [0.1, 0.15) is 28.2 Å². The fraction of sp³-hybridized carbons (Fsp3) is 0.375. The molecule has 21 heavy (non-hydrogen) atoms. The fourth-order valence-electron chi connectivity index (χ4n) is 2.47. The summed E-state index contributed by atoms with van der Waals surface area (Å²) in [6, 6.07) is 9.64. The van der Waals surface area contributed by atoms with Gasteiger partial charge in [-0.1, -0.05) is 12.1 Å². The number of hydrogen-bond acceptors (Lipinski definition) is 4. The molecule has 0 N–H and O–H groups in total. The molecule has 1 saturated heterocycles. The predicted molar refractivity (Wildman–Crippen MR) is 82.3 cm³/mol. The van der Waals surface area contributed by atoms with Gasteiger partial charge < -0.3 is 9.64 Å². The van der Waals surface area contributed by atoms with Crippen molar-refractivity contribution in [2.75, 3.05) is 13.1 Å². The van der Waals surface area contributed by atoms with Gasteiger partial charge in [-0.2, -0.15) is 0 Å². The lowest BCUT2D eigenvalue weighted by Gasteiger charge is -2.31. The SMILES string of the molecule is O=C(c1cccs1)N1CCC(OCc2ccccn2)CC1. The summed E-state index contributed by atoms with van der Waals surface area (Å²) in [7, 11) is 0. The summed E-state index contributed by atoms with van der Waals surface area (Å²) < 4.78 is 5.89. The average Bonchev–Trinajstić information content (AvgIpc) is 3.08. The molecule has 1 aliphatic rings. The Morgan fingerprint density at radius 3 is 2.81 bits per heavy atom. The second-order valence-corrected chi connectivity index (χ2v) is 6.05. The van der Waals surface area contributed by atoms with E-state index in [1.807, 2.05) is 40.6 Å². The van der Waals surface area contributed by atoms with E-state index in [-0.39, 0.29) is 12.0 Å². The van der Waals surface area contributed by atoms with E-state index < -0.39 is 0 Å². The molecule has 1 fully saturated rings. The molecule has 0 unspecified atom stereocenters. The number of likely N-dealkylation sites (tertiary alicyclic amines) is 1. The summed E-state index contributed by atoms with van der Waals surface area (Å²) in [5.74, 6) is 0.146. The number of nitrogens with zero attached hydrogens (tertiary/aromatic N) is 2. The summed E-state index contributed by atoms with van der Waals surface area (Å²) in [5.41, 5.74) is 0.953. The quantitative estimate of drug-likeness (QED) is 0.872. The van der Waals surface area contributed by atoms with E-state index in [1.165, 1.54) is 11.3 Å². The Balaban J connectivity index is 1.46. The highest BCUT2D eigenvalue weighted by Gasteiger charge is 2.24. The van der Waals surface area contributed by atoms with Crippen LogP contribution >= 0.6 is 11.3 Å². The zero-order valence-corrected chi connectivity index (χ0v) is 12.6. The standard InChI is InChI=1S/C16H18N2O2S/c19-16(15-5-3-11-21-15)18-9-6-14(7-10-18)20-12-13-4-1-2-8-17-13/h1-5,8,11,14H,6-7,9-10,12H2. The van der Waals surface area contributed by atoms with Crippen LogP contribution in [0.5, 0.6) is 0 Å². The van der Waals surface area contributed by atoms with E-state index in [4.69, 9.17) is 4.74 Å². The molecule has 1 aliphatic heterocycles. The molecular weight excluding hydrogens is 284 g/mol. The van der Waals surface area contributed by atoms with Crippen molar-refractivity contribution in [3.63, 3.8) is 0 Å². The number of hydrogen-bond donors (Lipinski definition) is 0. The molecular formula is C16H18N2O2S. The van der Waals surface area contributed by atoms with Gasteiger partial charge in [0.05, 0.1) is 23.3 Å². The molecule has 0 aliphatic carbocycles. The van der Waals surface area contributed by atoms with Crippen LogP contribution in [0.3, 0.4) is 0 Å². The maximum Gasteiger partial charge on any atom is 0.263 e. The van der Waals surface area contributed by atoms with E-state index in [9.17, 15) is 4.79 Å². The molecule has 4 nitrogen and oxygen atoms in total. The van der Waals surface area contributed by atoms with Crippen molar-refractivity contribution in [1.82, 2.24) is 9.88 Å². The van der Waals surface area contributed by atoms with Gasteiger partial charge in [0, 0.05) is 19.3 Å². The second kappa shape index (κ2) is 6.83. The van der Waals surface area contributed by atoms with Crippen LogP contribution in [0, 0.1) is 0 Å². The number of carbonyl (C=O) groups is 1. The first-order valence-corrected chi connectivity index (χ1v) is 8.05. The smallest absolute Gasteiger partial charge is 0.263 e. The summed E-state index contributed by atoms with van der Waals surface area (Å²) in [4.78, 5) is 19.2. The molecule has 3 rings (SSSR count). The van der Waals surface area contributed by atoms with Gasteiger partial charge in [-0.05, 0) is 36.4 Å². The van der Waals surface area contributed by atoms with Gasteiger partial charge in [0.1, 0.15) is 0 Å². The Morgan fingerprint density at radius 1 is 1.29 bits per heavy atom. The van der Waals surface area contributed by atoms with Crippen molar-refractivity contribution in [1.29, 1.82) is 0 Å². The number of piperidine rings is 1. The van der Waals surface area contributed by atoms with Gasteiger partial charge in [-0.25, -0.2) is 0 Å². The number of carbonyl (C=O) groups excluding carboxylic acids is 1. The van der Waals surface area contributed by atoms with E-state index in [0.29, 0.717) is 6.61 Å². The highest BCUT2D eigenvalue weighted by Crippen LogP contribution is 2.19. The largest absolute Gasteiger partial charge is 0.372 e. The van der Waals surface area contributed by atoms with Gasteiger partial charge >= 0.3 is 0 Å². The maximum absolute atomic E-state index is 12.2. The van der Waals surface area contributed by atoms with Gasteiger partial charge in [0.25, 0.3) is 5.91 Å². The minimum atomic E-state index is 0.146. The Hall–Kier alpha value is -1.72. The van der Waals surface area contributed by atoms with Crippen LogP contribution < -0.4 is 0 Å². The Bertz CT molecular complexity index is 563. The van der Waals surface area contributed by atoms with E-state index in [2.05, 4.69) is 4.98 Å². The molecule has 0 bridgehead atoms. The minimum Gasteiger partial charge on any atom is -0.372 e. The van der Waals surface area contributed by atoms with Gasteiger partial charge in [0.15, 0.2) is 0 Å². The third-order valence-electron chi connectivity index (χ3n) is 3.65. The fourth-order valence-corrected chi connectivity index (χ4v) is 3.16. The zero-order chi connectivity index (χ0) is 14.5. The molecule has 0 spiro atoms. The molecule has 0 atom stereocenters. The Morgan fingerprint density at radius 2 is 2.14 bits per heavy atom. The number of thiophene rings is 1. The van der Waals surface area contributed by atoms with Crippen LogP contribution in [-0.2, 0) is 11.3 Å². The first-order chi connectivity index (χ1) is 10.3. The van der Waals surface area contributed by atoms with Crippen LogP contribution in [0.25, 0.3) is 0 Å². The first-order valence-electron chi connectivity index (χ1n) is 7.17. The normalized spacial score (nSPS) is 16.1. The summed E-state index contributed by atoms with van der Waals surface area (Å²) in [6.45, 7) is 2.08. The third kappa shape index (κ3) is 3.68. The third-order valence-corrected chi connectivity index (χ3v) is 4.51. The average molecular weight is 302 g/mol. The molecule has 2 aromatic heterocycles. The first kappa shape index (κ1) is 14.2. The van der Waals surface area contributed by atoms with Gasteiger partial charge in [-0.15, -0.1) is 11.3 Å². The van der Waals surface area contributed by atoms with Crippen molar-refractivity contribution in [3.8, 4) is 0 Å². The van der Waals surface area contributed by atoms with Gasteiger partial charge in [0.2, 0.25) is 0 Å². The lowest BCUT2D eigenvalue weighted by Crippen LogP contribution is -2.40. The number of pyridine rings is 1. The molecule has 3 heterocycles. The second-order valence-electron chi connectivity index (χ2n) is 5.10. The van der Waals surface area contributed by atoms with Crippen LogP contribution in [0.4, 0.5) is 0 Å². The monoisotopic (exact) mass is 302 g/mol. The van der Waals surface area contributed by atoms with Crippen molar-refractivity contribution in [2.45, 2.75) is 25.6 Å². The summed E-state index contributed by atoms with van der Waals surface area (Å²) in [5, 5.41) is 1.94. The lowest BCUT2D eigenvalue weighted by molar-refractivity contribution is -0.00150. The van der Waals surface area contributed by atoms with Crippen molar-refractivity contribution < 1.29 is 9.53 Å². The van der Waals surface area contributed by atoms with E-state index >= 15 is 0 Å². The van der Waals surface area contributed by atoms with Crippen LogP contribution in [0.2, 0.25) is 0 Å². The molecule has 0 radical (unpaired) electrons. The number of rotatable bonds is 4. The number of ether oxygens (including phenoxy) is 1. The highest BCUT2D eigenvalue weighted by molar-refractivity contribution is 7.12. The maximum atomic E-state index is 12.2. The molecule has 1 amide bonds. The zero-order valence-electron chi connectivity index (χ0n) is 11.8. The lowest BCUT2D eigenvalue weighted by atomic mass is 10.1. The minimum absolute atomic E-state index is 0.146. The highest BCUT2D eigenvalue weighted by atomic mass is 32.1. The summed E-state index contributed by atoms with van der Waals surface area (Å²) >= 11 is 1.50. The van der Waals surface area contributed by atoms with Crippen LogP contribution in [-0.4, -0.2) is 35.0 Å². The number of amides is 1. The number of aromatic nitrogens is 1. The topological polar surface area (TPSA) is 42.4 Å². The molecule has 0 saturated carbocycles. The van der Waals surface area contributed by atoms with Crippen LogP contribution in [0.15, 0.2) is 41.9 Å². The van der Waals surface area contributed by atoms with E-state index in [1.54, 1.807) is 6.20 Å². The van der Waals surface area contributed by atoms with Crippen molar-refractivity contribution in [2.24, 2.45) is 0 Å². The van der Waals surface area contributed by atoms with Crippen molar-refractivity contribution >= 4 is 17.2 Å². The predicted octanol–water partition coefficient (Wildman–Crippen LogP) is 2.96. The molecule has 2 aromatic rings. The Kier molecular flexibility index (Phi) is 4.62.